The SMILES string of the molecule is CCOC1OC(=O)CC1NC(=O)[C@@H]1CC[C@@H]2CCCC[C@H](NC(=O)c3nccc4ccccc34)C(=O)N21. The zero-order chi connectivity index (χ0) is 25.9. The van der Waals surface area contributed by atoms with Gasteiger partial charge in [0.05, 0.1) is 6.42 Å². The molecule has 37 heavy (non-hydrogen) atoms. The first-order valence-corrected chi connectivity index (χ1v) is 13.0. The third-order valence-electron chi connectivity index (χ3n) is 7.45. The van der Waals surface area contributed by atoms with Crippen molar-refractivity contribution in [2.24, 2.45) is 0 Å². The van der Waals surface area contributed by atoms with Crippen LogP contribution in [0.1, 0.15) is 62.4 Å². The molecule has 0 radical (unpaired) electrons. The molecule has 5 atom stereocenters. The van der Waals surface area contributed by atoms with Crippen LogP contribution in [0.5, 0.6) is 0 Å². The molecule has 2 aromatic rings. The normalized spacial score (nSPS) is 27.8. The van der Waals surface area contributed by atoms with E-state index in [-0.39, 0.29) is 30.0 Å². The fourth-order valence-corrected chi connectivity index (χ4v) is 5.70. The van der Waals surface area contributed by atoms with Gasteiger partial charge >= 0.3 is 5.97 Å². The first-order chi connectivity index (χ1) is 18.0. The number of nitrogens with one attached hydrogen (secondary N) is 2. The van der Waals surface area contributed by atoms with Crippen molar-refractivity contribution in [2.75, 3.05) is 6.61 Å². The van der Waals surface area contributed by atoms with E-state index in [2.05, 4.69) is 15.6 Å². The number of pyridine rings is 1. The van der Waals surface area contributed by atoms with E-state index in [1.807, 2.05) is 30.3 Å². The van der Waals surface area contributed by atoms with Gasteiger partial charge in [0.1, 0.15) is 23.8 Å². The average Bonchev–Trinajstić information content (AvgIpc) is 3.46. The molecule has 0 saturated carbocycles. The van der Waals surface area contributed by atoms with E-state index in [1.165, 1.54) is 0 Å². The second-order valence-corrected chi connectivity index (χ2v) is 9.82. The van der Waals surface area contributed by atoms with Gasteiger partial charge in [0.25, 0.3) is 5.91 Å². The number of amides is 3. The Balaban J connectivity index is 1.33. The van der Waals surface area contributed by atoms with Gasteiger partial charge < -0.3 is 25.0 Å². The van der Waals surface area contributed by atoms with Crippen molar-refractivity contribution in [3.63, 3.8) is 0 Å². The van der Waals surface area contributed by atoms with Crippen LogP contribution in [0.25, 0.3) is 10.8 Å². The Morgan fingerprint density at radius 1 is 1.08 bits per heavy atom. The van der Waals surface area contributed by atoms with E-state index in [1.54, 1.807) is 18.0 Å². The van der Waals surface area contributed by atoms with Gasteiger partial charge in [-0.2, -0.15) is 0 Å². The monoisotopic (exact) mass is 508 g/mol. The van der Waals surface area contributed by atoms with Gasteiger partial charge in [0, 0.05) is 24.2 Å². The summed E-state index contributed by atoms with van der Waals surface area (Å²) in [4.78, 5) is 58.1. The van der Waals surface area contributed by atoms with Crippen LogP contribution in [0.4, 0.5) is 0 Å². The Kier molecular flexibility index (Phi) is 7.36. The quantitative estimate of drug-likeness (QED) is 0.572. The molecule has 5 rings (SSSR count). The number of fused-ring (bicyclic) bond motifs is 2. The Bertz CT molecular complexity index is 1200. The molecular weight excluding hydrogens is 476 g/mol. The predicted molar refractivity (Wildman–Crippen MR) is 133 cm³/mol. The van der Waals surface area contributed by atoms with Gasteiger partial charge in [0.2, 0.25) is 18.1 Å². The summed E-state index contributed by atoms with van der Waals surface area (Å²) in [5.74, 6) is -1.42. The molecule has 0 spiro atoms. The Labute approximate surface area is 215 Å². The number of rotatable bonds is 6. The standard InChI is InChI=1S/C27H32N4O6/c1-2-36-27-20(15-22(32)37-27)30-24(33)21-12-11-17-8-4-6-10-19(26(35)31(17)21)29-25(34)23-18-9-5-3-7-16(18)13-14-28-23/h3,5,7,9,13-14,17,19-21,27H,2,4,6,8,10-12,15H2,1H3,(H,29,34)(H,30,33)/t17-,19-,20?,21-,27?/m0/s1. The van der Waals surface area contributed by atoms with Gasteiger partial charge in [0.15, 0.2) is 0 Å². The molecule has 10 heteroatoms. The Hall–Kier alpha value is -3.53. The molecule has 3 fully saturated rings. The topological polar surface area (TPSA) is 127 Å². The van der Waals surface area contributed by atoms with Crippen molar-refractivity contribution in [3.8, 4) is 0 Å². The largest absolute Gasteiger partial charge is 0.433 e. The summed E-state index contributed by atoms with van der Waals surface area (Å²) in [5, 5.41) is 7.40. The molecule has 0 aliphatic carbocycles. The highest BCUT2D eigenvalue weighted by molar-refractivity contribution is 6.06. The molecule has 1 aromatic carbocycles. The van der Waals surface area contributed by atoms with E-state index in [4.69, 9.17) is 9.47 Å². The lowest BCUT2D eigenvalue weighted by molar-refractivity contribution is -0.164. The summed E-state index contributed by atoms with van der Waals surface area (Å²) < 4.78 is 10.6. The number of ether oxygens (including phenoxy) is 2. The maximum Gasteiger partial charge on any atom is 0.310 e. The summed E-state index contributed by atoms with van der Waals surface area (Å²) in [6, 6.07) is 7.22. The Morgan fingerprint density at radius 2 is 1.89 bits per heavy atom. The van der Waals surface area contributed by atoms with Gasteiger partial charge in [-0.25, -0.2) is 0 Å². The van der Waals surface area contributed by atoms with Crippen LogP contribution in [-0.2, 0) is 23.9 Å². The van der Waals surface area contributed by atoms with Gasteiger partial charge in [-0.3, -0.25) is 24.2 Å². The third kappa shape index (κ3) is 5.16. The minimum absolute atomic E-state index is 0.0250. The van der Waals surface area contributed by atoms with Crippen LogP contribution >= 0.6 is 0 Å². The second kappa shape index (κ2) is 10.8. The molecule has 3 amide bonds. The molecule has 3 aliphatic rings. The number of cyclic esters (lactones) is 1. The Morgan fingerprint density at radius 3 is 2.73 bits per heavy atom. The molecule has 0 bridgehead atoms. The van der Waals surface area contributed by atoms with Gasteiger partial charge in [-0.1, -0.05) is 37.1 Å². The summed E-state index contributed by atoms with van der Waals surface area (Å²) in [5.41, 5.74) is 0.271. The van der Waals surface area contributed by atoms with Gasteiger partial charge in [-0.05, 0) is 44.1 Å². The van der Waals surface area contributed by atoms with E-state index in [0.29, 0.717) is 31.3 Å². The highest BCUT2D eigenvalue weighted by atomic mass is 16.7. The molecule has 4 heterocycles. The molecule has 196 valence electrons. The fourth-order valence-electron chi connectivity index (χ4n) is 5.70. The fraction of sp³-hybridized carbons (Fsp3) is 0.519. The van der Waals surface area contributed by atoms with Crippen molar-refractivity contribution >= 4 is 34.5 Å². The van der Waals surface area contributed by atoms with Crippen LogP contribution < -0.4 is 10.6 Å². The molecule has 1 aromatic heterocycles. The minimum atomic E-state index is -0.832. The molecule has 3 aliphatic heterocycles. The molecular formula is C27H32N4O6. The summed E-state index contributed by atoms with van der Waals surface area (Å²) in [6.45, 7) is 2.13. The summed E-state index contributed by atoms with van der Waals surface area (Å²) in [7, 11) is 0. The van der Waals surface area contributed by atoms with Crippen molar-refractivity contribution < 1.29 is 28.7 Å². The van der Waals surface area contributed by atoms with E-state index in [0.717, 1.165) is 24.6 Å². The molecule has 2 N–H and O–H groups in total. The smallest absolute Gasteiger partial charge is 0.310 e. The lowest BCUT2D eigenvalue weighted by atomic mass is 9.98. The highest BCUT2D eigenvalue weighted by Crippen LogP contribution is 2.32. The van der Waals surface area contributed by atoms with Crippen LogP contribution in [0, 0.1) is 0 Å². The number of aromatic nitrogens is 1. The minimum Gasteiger partial charge on any atom is -0.433 e. The first kappa shape index (κ1) is 25.1. The maximum atomic E-state index is 13.8. The van der Waals surface area contributed by atoms with Crippen molar-refractivity contribution in [3.05, 3.63) is 42.2 Å². The lowest BCUT2D eigenvalue weighted by Crippen LogP contribution is -2.57. The highest BCUT2D eigenvalue weighted by Gasteiger charge is 2.46. The number of hydrogen-bond donors (Lipinski definition) is 2. The summed E-state index contributed by atoms with van der Waals surface area (Å²) >= 11 is 0. The number of esters is 1. The van der Waals surface area contributed by atoms with Crippen LogP contribution in [0.15, 0.2) is 36.5 Å². The van der Waals surface area contributed by atoms with E-state index < -0.39 is 36.3 Å². The van der Waals surface area contributed by atoms with Crippen molar-refractivity contribution in [1.29, 1.82) is 0 Å². The zero-order valence-electron chi connectivity index (χ0n) is 20.9. The lowest BCUT2D eigenvalue weighted by Gasteiger charge is -2.35. The van der Waals surface area contributed by atoms with Gasteiger partial charge in [-0.15, -0.1) is 0 Å². The second-order valence-electron chi connectivity index (χ2n) is 9.82. The predicted octanol–water partition coefficient (Wildman–Crippen LogP) is 2.06. The zero-order valence-corrected chi connectivity index (χ0v) is 20.9. The molecule has 10 nitrogen and oxygen atoms in total. The molecule has 3 saturated heterocycles. The number of carbonyl (C=O) groups is 4. The maximum absolute atomic E-state index is 13.8. The third-order valence-corrected chi connectivity index (χ3v) is 7.45. The van der Waals surface area contributed by atoms with Crippen molar-refractivity contribution in [1.82, 2.24) is 20.5 Å². The van der Waals surface area contributed by atoms with Crippen LogP contribution in [-0.4, -0.2) is 70.6 Å². The number of carbonyl (C=O) groups excluding carboxylic acids is 4. The molecule has 2 unspecified atom stereocenters. The van der Waals surface area contributed by atoms with Crippen LogP contribution in [0.3, 0.4) is 0 Å². The van der Waals surface area contributed by atoms with E-state index in [9.17, 15) is 19.2 Å². The number of nitrogens with zero attached hydrogens (tertiary/aromatic N) is 2. The summed E-state index contributed by atoms with van der Waals surface area (Å²) in [6.07, 6.45) is 5.02. The average molecular weight is 509 g/mol. The first-order valence-electron chi connectivity index (χ1n) is 13.0. The number of hydrogen-bond acceptors (Lipinski definition) is 7. The van der Waals surface area contributed by atoms with Crippen molar-refractivity contribution in [2.45, 2.75) is 82.3 Å². The number of benzene rings is 1. The van der Waals surface area contributed by atoms with E-state index >= 15 is 0 Å². The van der Waals surface area contributed by atoms with Crippen LogP contribution in [0.2, 0.25) is 0 Å².